The Bertz CT molecular complexity index is 865. The molecule has 0 radical (unpaired) electrons. The van der Waals surface area contributed by atoms with Gasteiger partial charge in [0, 0.05) is 27.2 Å². The van der Waals surface area contributed by atoms with E-state index in [4.69, 9.17) is 0 Å². The summed E-state index contributed by atoms with van der Waals surface area (Å²) in [5, 5.41) is 7.15. The predicted octanol–water partition coefficient (Wildman–Crippen LogP) is 5.15. The number of hydrogen-bond donors (Lipinski definition) is 0. The number of para-hydroxylation sites is 1. The van der Waals surface area contributed by atoms with Crippen LogP contribution < -0.4 is 0 Å². The van der Waals surface area contributed by atoms with Crippen LogP contribution in [0.25, 0.3) is 27.5 Å². The Morgan fingerprint density at radius 1 is 0.789 bits per heavy atom. The van der Waals surface area contributed by atoms with E-state index in [0.717, 1.165) is 0 Å². The third-order valence-corrected chi connectivity index (χ3v) is 4.34. The van der Waals surface area contributed by atoms with Crippen molar-refractivity contribution in [1.29, 1.82) is 0 Å². The zero-order chi connectivity index (χ0) is 12.8. The highest BCUT2D eigenvalue weighted by atomic mass is 32.1. The molecule has 2 aromatic heterocycles. The van der Waals surface area contributed by atoms with Gasteiger partial charge in [0.25, 0.3) is 0 Å². The highest BCUT2D eigenvalue weighted by molar-refractivity contribution is 7.09. The molecule has 0 amide bonds. The first kappa shape index (κ1) is 10.8. The number of thiophene rings is 1. The minimum Gasteiger partial charge on any atom is -0.308 e. The fraction of sp³-hybridized carbons (Fsp3) is 0.0588. The van der Waals surface area contributed by atoms with Gasteiger partial charge in [0.05, 0.1) is 11.0 Å². The van der Waals surface area contributed by atoms with Crippen molar-refractivity contribution in [2.45, 2.75) is 6.92 Å². The fourth-order valence-corrected chi connectivity index (χ4v) is 3.48. The Balaban J connectivity index is 2.15. The van der Waals surface area contributed by atoms with E-state index in [1.165, 1.54) is 33.1 Å². The van der Waals surface area contributed by atoms with Gasteiger partial charge in [-0.05, 0) is 25.1 Å². The zero-order valence-electron chi connectivity index (χ0n) is 10.6. The Morgan fingerprint density at radius 3 is 2.42 bits per heavy atom. The molecule has 0 bridgehead atoms. The van der Waals surface area contributed by atoms with Gasteiger partial charge in [0.1, 0.15) is 0 Å². The quantitative estimate of drug-likeness (QED) is 0.447. The molecule has 1 nitrogen and oxygen atoms in total. The summed E-state index contributed by atoms with van der Waals surface area (Å²) in [6.45, 7) is 2.12. The fourth-order valence-electron chi connectivity index (χ4n) is 2.66. The van der Waals surface area contributed by atoms with Crippen LogP contribution in [-0.4, -0.2) is 4.57 Å². The van der Waals surface area contributed by atoms with E-state index in [-0.39, 0.29) is 0 Å². The van der Waals surface area contributed by atoms with Crippen molar-refractivity contribution >= 4 is 33.1 Å². The highest BCUT2D eigenvalue weighted by Gasteiger charge is 2.11. The Labute approximate surface area is 115 Å². The van der Waals surface area contributed by atoms with E-state index < -0.39 is 0 Å². The van der Waals surface area contributed by atoms with Crippen LogP contribution in [0.1, 0.15) is 5.56 Å². The van der Waals surface area contributed by atoms with Gasteiger partial charge in [-0.25, -0.2) is 0 Å². The monoisotopic (exact) mass is 263 g/mol. The number of fused-ring (bicyclic) bond motifs is 3. The molecule has 2 heteroatoms. The highest BCUT2D eigenvalue weighted by Crippen LogP contribution is 2.33. The van der Waals surface area contributed by atoms with Gasteiger partial charge in [-0.15, -0.1) is 11.3 Å². The summed E-state index contributed by atoms with van der Waals surface area (Å²) in [6.07, 6.45) is 0. The first-order valence-corrected chi connectivity index (χ1v) is 7.31. The average Bonchev–Trinajstić information content (AvgIpc) is 3.00. The summed E-state index contributed by atoms with van der Waals surface area (Å²) >= 11 is 1.77. The molecule has 0 fully saturated rings. The first-order chi connectivity index (χ1) is 9.34. The standard InChI is InChI=1S/C17H13NS/c1-12-6-8-13(9-7-12)18-16-5-3-2-4-14(16)15-10-19-11-17(15)18/h2-11H,1H3. The molecule has 0 unspecified atom stereocenters. The molecule has 0 atom stereocenters. The molecule has 0 aliphatic carbocycles. The summed E-state index contributed by atoms with van der Waals surface area (Å²) in [6, 6.07) is 17.3. The van der Waals surface area contributed by atoms with Crippen LogP contribution >= 0.6 is 11.3 Å². The Morgan fingerprint density at radius 2 is 1.58 bits per heavy atom. The zero-order valence-corrected chi connectivity index (χ0v) is 11.4. The summed E-state index contributed by atoms with van der Waals surface area (Å²) in [7, 11) is 0. The lowest BCUT2D eigenvalue weighted by atomic mass is 10.2. The molecule has 0 N–H and O–H groups in total. The van der Waals surface area contributed by atoms with Crippen molar-refractivity contribution in [1.82, 2.24) is 4.57 Å². The van der Waals surface area contributed by atoms with Gasteiger partial charge in [-0.3, -0.25) is 0 Å². The largest absolute Gasteiger partial charge is 0.308 e. The Kier molecular flexibility index (Phi) is 2.26. The predicted molar refractivity (Wildman–Crippen MR) is 83.4 cm³/mol. The minimum absolute atomic E-state index is 1.23. The van der Waals surface area contributed by atoms with Crippen LogP contribution in [0.4, 0.5) is 0 Å². The van der Waals surface area contributed by atoms with Crippen LogP contribution in [-0.2, 0) is 0 Å². The van der Waals surface area contributed by atoms with Crippen LogP contribution in [0.5, 0.6) is 0 Å². The van der Waals surface area contributed by atoms with E-state index in [2.05, 4.69) is 70.8 Å². The van der Waals surface area contributed by atoms with Gasteiger partial charge in [0.15, 0.2) is 0 Å². The molecule has 92 valence electrons. The molecule has 0 spiro atoms. The van der Waals surface area contributed by atoms with Gasteiger partial charge in [-0.2, -0.15) is 0 Å². The lowest BCUT2D eigenvalue weighted by Gasteiger charge is -2.07. The molecule has 0 saturated carbocycles. The molecule has 0 aliphatic rings. The van der Waals surface area contributed by atoms with Crippen molar-refractivity contribution < 1.29 is 0 Å². The number of aromatic nitrogens is 1. The van der Waals surface area contributed by atoms with E-state index >= 15 is 0 Å². The molecular weight excluding hydrogens is 250 g/mol. The number of benzene rings is 2. The topological polar surface area (TPSA) is 4.93 Å². The molecule has 0 aliphatic heterocycles. The van der Waals surface area contributed by atoms with Crippen LogP contribution in [0.15, 0.2) is 59.3 Å². The molecule has 4 aromatic rings. The Hall–Kier alpha value is -2.06. The van der Waals surface area contributed by atoms with Gasteiger partial charge in [0.2, 0.25) is 0 Å². The molecule has 0 saturated heterocycles. The maximum absolute atomic E-state index is 2.35. The van der Waals surface area contributed by atoms with E-state index in [1.54, 1.807) is 11.3 Å². The molecule has 19 heavy (non-hydrogen) atoms. The normalized spacial score (nSPS) is 11.4. The van der Waals surface area contributed by atoms with Crippen molar-refractivity contribution in [3.8, 4) is 5.69 Å². The summed E-state index contributed by atoms with van der Waals surface area (Å²) in [4.78, 5) is 0. The number of nitrogens with zero attached hydrogens (tertiary/aromatic N) is 1. The number of rotatable bonds is 1. The lowest BCUT2D eigenvalue weighted by molar-refractivity contribution is 1.18. The van der Waals surface area contributed by atoms with Gasteiger partial charge < -0.3 is 4.57 Å². The maximum atomic E-state index is 2.35. The molecule has 2 aromatic carbocycles. The van der Waals surface area contributed by atoms with Crippen LogP contribution in [0.3, 0.4) is 0 Å². The van der Waals surface area contributed by atoms with Crippen molar-refractivity contribution in [2.24, 2.45) is 0 Å². The number of aryl methyl sites for hydroxylation is 1. The lowest BCUT2D eigenvalue weighted by Crippen LogP contribution is -1.92. The number of hydrogen-bond acceptors (Lipinski definition) is 1. The summed E-state index contributed by atoms with van der Waals surface area (Å²) in [5.41, 5.74) is 5.11. The van der Waals surface area contributed by atoms with Crippen LogP contribution in [0, 0.1) is 6.92 Å². The molecule has 2 heterocycles. The maximum Gasteiger partial charge on any atom is 0.0648 e. The molecule has 4 rings (SSSR count). The van der Waals surface area contributed by atoms with Crippen molar-refractivity contribution in [2.75, 3.05) is 0 Å². The van der Waals surface area contributed by atoms with Crippen molar-refractivity contribution in [3.63, 3.8) is 0 Å². The smallest absolute Gasteiger partial charge is 0.0648 e. The van der Waals surface area contributed by atoms with E-state index in [9.17, 15) is 0 Å². The second-order valence-corrected chi connectivity index (χ2v) is 5.60. The first-order valence-electron chi connectivity index (χ1n) is 6.37. The van der Waals surface area contributed by atoms with Crippen LogP contribution in [0.2, 0.25) is 0 Å². The SMILES string of the molecule is Cc1ccc(-n2c3ccccc3c3cscc32)cc1. The van der Waals surface area contributed by atoms with Gasteiger partial charge in [-0.1, -0.05) is 35.9 Å². The summed E-state index contributed by atoms with van der Waals surface area (Å²) in [5.74, 6) is 0. The van der Waals surface area contributed by atoms with Crippen molar-refractivity contribution in [3.05, 3.63) is 64.9 Å². The van der Waals surface area contributed by atoms with E-state index in [1.807, 2.05) is 0 Å². The summed E-state index contributed by atoms with van der Waals surface area (Å²) < 4.78 is 2.35. The van der Waals surface area contributed by atoms with E-state index in [0.29, 0.717) is 0 Å². The second-order valence-electron chi connectivity index (χ2n) is 4.86. The molecular formula is C17H13NS. The third-order valence-electron chi connectivity index (χ3n) is 3.61. The second kappa shape index (κ2) is 3.97. The minimum atomic E-state index is 1.23. The average molecular weight is 263 g/mol. The van der Waals surface area contributed by atoms with Gasteiger partial charge >= 0.3 is 0 Å². The third kappa shape index (κ3) is 1.53.